The number of carbonyl (C=O) groups is 1. The summed E-state index contributed by atoms with van der Waals surface area (Å²) in [5.74, 6) is -0.176. The summed E-state index contributed by atoms with van der Waals surface area (Å²) in [6.45, 7) is 6.51. The minimum absolute atomic E-state index is 0.0320. The number of anilines is 1. The standard InChI is InChI=1S/C23H28N6O2/c1-3-17-12-20-21(27-22(17)30)11-16(13-25-20)15-28-7-4-8-29(10-9-28)18-5-6-19(26-14-18)23(31)24-2/h5-6,11-14H,3-4,7-10,15H2,1-2H3,(H,24,31)(H,27,30). The Morgan fingerprint density at radius 3 is 2.74 bits per heavy atom. The molecule has 0 unspecified atom stereocenters. The molecular weight excluding hydrogens is 392 g/mol. The molecule has 0 aromatic carbocycles. The monoisotopic (exact) mass is 420 g/mol. The van der Waals surface area contributed by atoms with Crippen molar-refractivity contribution in [3.8, 4) is 0 Å². The first-order valence-corrected chi connectivity index (χ1v) is 10.7. The van der Waals surface area contributed by atoms with E-state index in [1.807, 2.05) is 31.3 Å². The van der Waals surface area contributed by atoms with Gasteiger partial charge in [0.05, 0.1) is 22.9 Å². The predicted octanol–water partition coefficient (Wildman–Crippen LogP) is 1.95. The number of aromatic amines is 1. The molecule has 1 aliphatic rings. The van der Waals surface area contributed by atoms with E-state index in [4.69, 9.17) is 0 Å². The van der Waals surface area contributed by atoms with Crippen molar-refractivity contribution in [2.75, 3.05) is 38.1 Å². The van der Waals surface area contributed by atoms with Crippen LogP contribution in [0.4, 0.5) is 5.69 Å². The molecule has 0 saturated carbocycles. The van der Waals surface area contributed by atoms with Gasteiger partial charge in [0.25, 0.3) is 11.5 Å². The van der Waals surface area contributed by atoms with E-state index < -0.39 is 0 Å². The fourth-order valence-electron chi connectivity index (χ4n) is 4.00. The molecule has 31 heavy (non-hydrogen) atoms. The average molecular weight is 421 g/mol. The second-order valence-electron chi connectivity index (χ2n) is 7.85. The van der Waals surface area contributed by atoms with Crippen molar-refractivity contribution < 1.29 is 4.79 Å². The Hall–Kier alpha value is -3.26. The molecular formula is C23H28N6O2. The summed E-state index contributed by atoms with van der Waals surface area (Å²) in [4.78, 5) is 40.3. The van der Waals surface area contributed by atoms with Gasteiger partial charge in [-0.2, -0.15) is 0 Å². The van der Waals surface area contributed by atoms with Crippen LogP contribution in [0.2, 0.25) is 0 Å². The van der Waals surface area contributed by atoms with Gasteiger partial charge in [0.2, 0.25) is 0 Å². The molecule has 8 heteroatoms. The van der Waals surface area contributed by atoms with Gasteiger partial charge in [-0.05, 0) is 42.7 Å². The maximum Gasteiger partial charge on any atom is 0.269 e. The number of hydrogen-bond acceptors (Lipinski definition) is 6. The summed E-state index contributed by atoms with van der Waals surface area (Å²) >= 11 is 0. The lowest BCUT2D eigenvalue weighted by molar-refractivity contribution is 0.0958. The first-order valence-electron chi connectivity index (χ1n) is 10.7. The third kappa shape index (κ3) is 4.74. The molecule has 0 bridgehead atoms. The van der Waals surface area contributed by atoms with Gasteiger partial charge >= 0.3 is 0 Å². The first-order chi connectivity index (χ1) is 15.1. The molecule has 2 N–H and O–H groups in total. The summed E-state index contributed by atoms with van der Waals surface area (Å²) in [7, 11) is 1.60. The number of nitrogens with one attached hydrogen (secondary N) is 2. The van der Waals surface area contributed by atoms with Crippen LogP contribution in [0, 0.1) is 0 Å². The van der Waals surface area contributed by atoms with Crippen LogP contribution >= 0.6 is 0 Å². The molecule has 0 radical (unpaired) electrons. The fraction of sp³-hybridized carbons (Fsp3) is 0.391. The van der Waals surface area contributed by atoms with Crippen LogP contribution < -0.4 is 15.8 Å². The molecule has 1 amide bonds. The van der Waals surface area contributed by atoms with Crippen LogP contribution in [0.5, 0.6) is 0 Å². The molecule has 4 rings (SSSR count). The van der Waals surface area contributed by atoms with E-state index in [2.05, 4.69) is 30.1 Å². The highest BCUT2D eigenvalue weighted by molar-refractivity contribution is 5.92. The molecule has 0 aliphatic carbocycles. The van der Waals surface area contributed by atoms with Crippen LogP contribution in [0.3, 0.4) is 0 Å². The first kappa shape index (κ1) is 21.0. The van der Waals surface area contributed by atoms with E-state index in [0.29, 0.717) is 12.1 Å². The highest BCUT2D eigenvalue weighted by Gasteiger charge is 2.17. The van der Waals surface area contributed by atoms with Crippen LogP contribution in [0.25, 0.3) is 11.0 Å². The Labute approximate surface area is 181 Å². The summed E-state index contributed by atoms with van der Waals surface area (Å²) in [5, 5.41) is 2.59. The number of hydrogen-bond donors (Lipinski definition) is 2. The third-order valence-corrected chi connectivity index (χ3v) is 5.77. The quantitative estimate of drug-likeness (QED) is 0.655. The largest absolute Gasteiger partial charge is 0.369 e. The number of carbonyl (C=O) groups excluding carboxylic acids is 1. The normalized spacial score (nSPS) is 15.1. The Kier molecular flexibility index (Phi) is 6.27. The number of aryl methyl sites for hydroxylation is 1. The molecule has 0 spiro atoms. The zero-order valence-electron chi connectivity index (χ0n) is 18.0. The van der Waals surface area contributed by atoms with Crippen LogP contribution in [-0.4, -0.2) is 59.0 Å². The van der Waals surface area contributed by atoms with Gasteiger partial charge in [0, 0.05) is 51.5 Å². The minimum Gasteiger partial charge on any atom is -0.369 e. The van der Waals surface area contributed by atoms with Crippen LogP contribution in [-0.2, 0) is 13.0 Å². The number of fused-ring (bicyclic) bond motifs is 1. The average Bonchev–Trinajstić information content (AvgIpc) is 3.03. The predicted molar refractivity (Wildman–Crippen MR) is 121 cm³/mol. The lowest BCUT2D eigenvalue weighted by Gasteiger charge is -2.23. The molecule has 1 fully saturated rings. The Balaban J connectivity index is 1.42. The maximum atomic E-state index is 12.1. The van der Waals surface area contributed by atoms with Crippen molar-refractivity contribution in [3.05, 3.63) is 63.8 Å². The third-order valence-electron chi connectivity index (χ3n) is 5.77. The lowest BCUT2D eigenvalue weighted by Crippen LogP contribution is -2.30. The van der Waals surface area contributed by atoms with Crippen molar-refractivity contribution in [2.45, 2.75) is 26.3 Å². The highest BCUT2D eigenvalue weighted by atomic mass is 16.1. The summed E-state index contributed by atoms with van der Waals surface area (Å²) in [6, 6.07) is 7.64. The Morgan fingerprint density at radius 1 is 1.13 bits per heavy atom. The number of pyridine rings is 3. The fourth-order valence-corrected chi connectivity index (χ4v) is 4.00. The number of rotatable bonds is 5. The highest BCUT2D eigenvalue weighted by Crippen LogP contribution is 2.18. The van der Waals surface area contributed by atoms with E-state index in [0.717, 1.165) is 67.0 Å². The van der Waals surface area contributed by atoms with Gasteiger partial charge in [-0.15, -0.1) is 0 Å². The molecule has 4 heterocycles. The Bertz CT molecular complexity index is 1130. The summed E-state index contributed by atoms with van der Waals surface area (Å²) < 4.78 is 0. The summed E-state index contributed by atoms with van der Waals surface area (Å²) in [6.07, 6.45) is 5.41. The number of aromatic nitrogens is 3. The Morgan fingerprint density at radius 2 is 2.00 bits per heavy atom. The van der Waals surface area contributed by atoms with Gasteiger partial charge in [-0.25, -0.2) is 4.98 Å². The number of amides is 1. The van der Waals surface area contributed by atoms with E-state index >= 15 is 0 Å². The molecule has 1 saturated heterocycles. The maximum absolute atomic E-state index is 12.1. The second-order valence-corrected chi connectivity index (χ2v) is 7.85. The molecule has 1 aliphatic heterocycles. The van der Waals surface area contributed by atoms with Gasteiger partial charge in [0.15, 0.2) is 0 Å². The van der Waals surface area contributed by atoms with E-state index in [-0.39, 0.29) is 11.5 Å². The molecule has 8 nitrogen and oxygen atoms in total. The van der Waals surface area contributed by atoms with E-state index in [1.54, 1.807) is 19.3 Å². The second kappa shape index (κ2) is 9.26. The topological polar surface area (TPSA) is 94.2 Å². The van der Waals surface area contributed by atoms with Crippen molar-refractivity contribution in [1.82, 2.24) is 25.2 Å². The smallest absolute Gasteiger partial charge is 0.269 e. The number of H-pyrrole nitrogens is 1. The van der Waals surface area contributed by atoms with E-state index in [9.17, 15) is 9.59 Å². The molecule has 0 atom stereocenters. The van der Waals surface area contributed by atoms with Gasteiger partial charge < -0.3 is 15.2 Å². The van der Waals surface area contributed by atoms with E-state index in [1.165, 1.54) is 0 Å². The zero-order chi connectivity index (χ0) is 21.8. The van der Waals surface area contributed by atoms with Gasteiger partial charge in [-0.1, -0.05) is 6.92 Å². The summed E-state index contributed by atoms with van der Waals surface area (Å²) in [5.41, 5.74) is 4.90. The SMILES string of the molecule is CCc1cc2ncc(CN3CCCN(c4ccc(C(=O)NC)nc4)CC3)cc2[nH]c1=O. The lowest BCUT2D eigenvalue weighted by atomic mass is 10.1. The van der Waals surface area contributed by atoms with Crippen molar-refractivity contribution in [2.24, 2.45) is 0 Å². The molecule has 3 aromatic heterocycles. The van der Waals surface area contributed by atoms with Gasteiger partial charge in [0.1, 0.15) is 5.69 Å². The van der Waals surface area contributed by atoms with Crippen LogP contribution in [0.1, 0.15) is 35.0 Å². The van der Waals surface area contributed by atoms with Crippen molar-refractivity contribution in [1.29, 1.82) is 0 Å². The van der Waals surface area contributed by atoms with Crippen molar-refractivity contribution >= 4 is 22.6 Å². The van der Waals surface area contributed by atoms with Crippen LogP contribution in [0.15, 0.2) is 41.5 Å². The van der Waals surface area contributed by atoms with Gasteiger partial charge in [-0.3, -0.25) is 19.5 Å². The molecule has 3 aromatic rings. The minimum atomic E-state index is -0.176. The molecule has 162 valence electrons. The van der Waals surface area contributed by atoms with Crippen molar-refractivity contribution in [3.63, 3.8) is 0 Å². The number of nitrogens with zero attached hydrogens (tertiary/aromatic N) is 4. The zero-order valence-corrected chi connectivity index (χ0v) is 18.0.